The first-order chi connectivity index (χ1) is 14.5. The molecule has 0 amide bonds. The number of carbonyl (C=O) groups excluding carboxylic acids is 2. The molecule has 1 unspecified atom stereocenters. The molecule has 30 heavy (non-hydrogen) atoms. The standard InChI is InChI=1S/C24H22O6/c1-3-22(25)28-13-5-6-16-7-8-18-15-20(24(27)30-21(18)14-16)17-9-11-19(12-10-17)29-23(26)4-2/h3-4,7-11,14-15,19H,1-2,5-6,12-13H2. The molecule has 1 aliphatic rings. The Kier molecular flexibility index (Phi) is 6.80. The molecule has 0 N–H and O–H groups in total. The van der Waals surface area contributed by atoms with Crippen molar-refractivity contribution in [1.82, 2.24) is 0 Å². The number of hydrogen-bond acceptors (Lipinski definition) is 6. The van der Waals surface area contributed by atoms with Gasteiger partial charge in [0.05, 0.1) is 12.2 Å². The highest BCUT2D eigenvalue weighted by atomic mass is 16.5. The Bertz CT molecular complexity index is 1100. The van der Waals surface area contributed by atoms with Crippen LogP contribution in [0.15, 0.2) is 77.0 Å². The van der Waals surface area contributed by atoms with Gasteiger partial charge in [-0.3, -0.25) is 0 Å². The molecule has 0 bridgehead atoms. The molecule has 1 aliphatic carbocycles. The molecular weight excluding hydrogens is 384 g/mol. The molecule has 1 atom stereocenters. The van der Waals surface area contributed by atoms with Gasteiger partial charge in [-0.25, -0.2) is 14.4 Å². The molecule has 3 rings (SSSR count). The van der Waals surface area contributed by atoms with E-state index in [0.717, 1.165) is 28.7 Å². The highest BCUT2D eigenvalue weighted by molar-refractivity contribution is 5.84. The lowest BCUT2D eigenvalue weighted by Crippen LogP contribution is -2.16. The van der Waals surface area contributed by atoms with Crippen LogP contribution in [-0.2, 0) is 25.5 Å². The van der Waals surface area contributed by atoms with Crippen molar-refractivity contribution < 1.29 is 23.5 Å². The van der Waals surface area contributed by atoms with Gasteiger partial charge in [-0.15, -0.1) is 0 Å². The lowest BCUT2D eigenvalue weighted by molar-refractivity contribution is -0.141. The number of ether oxygens (including phenoxy) is 2. The van der Waals surface area contributed by atoms with Crippen molar-refractivity contribution >= 4 is 28.5 Å². The first-order valence-corrected chi connectivity index (χ1v) is 9.58. The summed E-state index contributed by atoms with van der Waals surface area (Å²) in [6.07, 6.45) is 9.02. The summed E-state index contributed by atoms with van der Waals surface area (Å²) in [7, 11) is 0. The summed E-state index contributed by atoms with van der Waals surface area (Å²) in [6, 6.07) is 7.47. The lowest BCUT2D eigenvalue weighted by Gasteiger charge is -2.16. The van der Waals surface area contributed by atoms with E-state index in [1.54, 1.807) is 18.2 Å². The first kappa shape index (κ1) is 21.0. The molecule has 6 heteroatoms. The van der Waals surface area contributed by atoms with Crippen molar-refractivity contribution in [3.63, 3.8) is 0 Å². The zero-order chi connectivity index (χ0) is 21.5. The van der Waals surface area contributed by atoms with Crippen LogP contribution < -0.4 is 5.63 Å². The van der Waals surface area contributed by atoms with Gasteiger partial charge < -0.3 is 13.9 Å². The number of esters is 2. The quantitative estimate of drug-likeness (QED) is 0.286. The Morgan fingerprint density at radius 1 is 1.17 bits per heavy atom. The Morgan fingerprint density at radius 2 is 1.97 bits per heavy atom. The van der Waals surface area contributed by atoms with Crippen LogP contribution in [0.25, 0.3) is 16.5 Å². The molecule has 0 saturated heterocycles. The van der Waals surface area contributed by atoms with Crippen LogP contribution in [0.5, 0.6) is 0 Å². The van der Waals surface area contributed by atoms with Crippen molar-refractivity contribution in [2.45, 2.75) is 25.4 Å². The van der Waals surface area contributed by atoms with E-state index >= 15 is 0 Å². The van der Waals surface area contributed by atoms with Gasteiger partial charge in [0, 0.05) is 24.0 Å². The van der Waals surface area contributed by atoms with E-state index in [1.165, 1.54) is 0 Å². The molecule has 1 aromatic carbocycles. The van der Waals surface area contributed by atoms with Gasteiger partial charge in [-0.2, -0.15) is 0 Å². The third kappa shape index (κ3) is 5.23. The summed E-state index contributed by atoms with van der Waals surface area (Å²) >= 11 is 0. The zero-order valence-electron chi connectivity index (χ0n) is 16.5. The molecule has 2 aromatic rings. The number of hydrogen-bond donors (Lipinski definition) is 0. The van der Waals surface area contributed by atoms with Gasteiger partial charge in [0.1, 0.15) is 11.7 Å². The minimum Gasteiger partial charge on any atom is -0.463 e. The molecule has 1 aromatic heterocycles. The molecule has 0 spiro atoms. The number of rotatable bonds is 8. The normalized spacial score (nSPS) is 15.3. The largest absolute Gasteiger partial charge is 0.463 e. The van der Waals surface area contributed by atoms with Crippen molar-refractivity contribution in [1.29, 1.82) is 0 Å². The summed E-state index contributed by atoms with van der Waals surface area (Å²) in [5, 5.41) is 0.806. The SMILES string of the molecule is C=CC(=O)OCCCc1ccc2cc(C3=CCC(OC(=O)C=C)C=C3)c(=O)oc2c1. The van der Waals surface area contributed by atoms with Crippen molar-refractivity contribution in [3.8, 4) is 0 Å². The average Bonchev–Trinajstić information content (AvgIpc) is 2.76. The highest BCUT2D eigenvalue weighted by Gasteiger charge is 2.16. The smallest absolute Gasteiger partial charge is 0.344 e. The van der Waals surface area contributed by atoms with Crippen molar-refractivity contribution in [2.75, 3.05) is 6.61 Å². The number of aryl methyl sites for hydroxylation is 1. The minimum absolute atomic E-state index is 0.301. The van der Waals surface area contributed by atoms with E-state index in [0.29, 0.717) is 37.0 Å². The lowest BCUT2D eigenvalue weighted by atomic mass is 9.98. The fraction of sp³-hybridized carbons (Fsp3) is 0.208. The van der Waals surface area contributed by atoms with Gasteiger partial charge in [0.25, 0.3) is 0 Å². The molecule has 1 heterocycles. The van der Waals surface area contributed by atoms with Gasteiger partial charge in [0.15, 0.2) is 0 Å². The predicted octanol–water partition coefficient (Wildman–Crippen LogP) is 3.90. The van der Waals surface area contributed by atoms with Crippen LogP contribution in [0.4, 0.5) is 0 Å². The fourth-order valence-electron chi connectivity index (χ4n) is 3.11. The highest BCUT2D eigenvalue weighted by Crippen LogP contribution is 2.24. The van der Waals surface area contributed by atoms with E-state index in [2.05, 4.69) is 13.2 Å². The van der Waals surface area contributed by atoms with Crippen LogP contribution in [-0.4, -0.2) is 24.6 Å². The second kappa shape index (κ2) is 9.69. The second-order valence-electron chi connectivity index (χ2n) is 6.73. The third-order valence-electron chi connectivity index (χ3n) is 4.63. The maximum absolute atomic E-state index is 12.5. The molecule has 0 fully saturated rings. The number of benzene rings is 1. The van der Waals surface area contributed by atoms with E-state index in [4.69, 9.17) is 13.9 Å². The van der Waals surface area contributed by atoms with Gasteiger partial charge in [-0.1, -0.05) is 37.4 Å². The van der Waals surface area contributed by atoms with Gasteiger partial charge in [-0.05, 0) is 42.2 Å². The first-order valence-electron chi connectivity index (χ1n) is 9.58. The van der Waals surface area contributed by atoms with Crippen LogP contribution in [0.1, 0.15) is 24.0 Å². The Balaban J connectivity index is 1.71. The van der Waals surface area contributed by atoms with Gasteiger partial charge >= 0.3 is 17.6 Å². The molecule has 0 saturated carbocycles. The second-order valence-corrected chi connectivity index (χ2v) is 6.73. The summed E-state index contributed by atoms with van der Waals surface area (Å²) in [5.41, 5.74) is 2.23. The monoisotopic (exact) mass is 406 g/mol. The summed E-state index contributed by atoms with van der Waals surface area (Å²) in [6.45, 7) is 7.03. The summed E-state index contributed by atoms with van der Waals surface area (Å²) in [4.78, 5) is 34.9. The summed E-state index contributed by atoms with van der Waals surface area (Å²) in [5.74, 6) is -0.926. The fourth-order valence-corrected chi connectivity index (χ4v) is 3.11. The molecule has 154 valence electrons. The zero-order valence-corrected chi connectivity index (χ0v) is 16.5. The number of allylic oxidation sites excluding steroid dienone is 2. The van der Waals surface area contributed by atoms with E-state index < -0.39 is 17.6 Å². The maximum Gasteiger partial charge on any atom is 0.344 e. The molecular formula is C24H22O6. The van der Waals surface area contributed by atoms with Crippen LogP contribution in [0, 0.1) is 0 Å². The summed E-state index contributed by atoms with van der Waals surface area (Å²) < 4.78 is 15.7. The number of carbonyl (C=O) groups is 2. The Labute approximate surface area is 173 Å². The van der Waals surface area contributed by atoms with Crippen LogP contribution >= 0.6 is 0 Å². The minimum atomic E-state index is -0.485. The van der Waals surface area contributed by atoms with Gasteiger partial charge in [0.2, 0.25) is 0 Å². The topological polar surface area (TPSA) is 82.8 Å². The molecule has 0 radical (unpaired) electrons. The van der Waals surface area contributed by atoms with E-state index in [1.807, 2.05) is 24.3 Å². The maximum atomic E-state index is 12.5. The Morgan fingerprint density at radius 3 is 2.67 bits per heavy atom. The molecule has 6 nitrogen and oxygen atoms in total. The predicted molar refractivity (Wildman–Crippen MR) is 114 cm³/mol. The van der Waals surface area contributed by atoms with E-state index in [9.17, 15) is 14.4 Å². The van der Waals surface area contributed by atoms with Crippen LogP contribution in [0.3, 0.4) is 0 Å². The van der Waals surface area contributed by atoms with Crippen LogP contribution in [0.2, 0.25) is 0 Å². The third-order valence-corrected chi connectivity index (χ3v) is 4.63. The Hall–Kier alpha value is -3.67. The van der Waals surface area contributed by atoms with Crippen molar-refractivity contribution in [2.24, 2.45) is 0 Å². The van der Waals surface area contributed by atoms with Crippen molar-refractivity contribution in [3.05, 3.63) is 89.4 Å². The average molecular weight is 406 g/mol. The number of fused-ring (bicyclic) bond motifs is 1. The van der Waals surface area contributed by atoms with E-state index in [-0.39, 0.29) is 6.10 Å². The molecule has 0 aliphatic heterocycles.